The molecule has 1 unspecified atom stereocenters. The number of rotatable bonds is 3. The highest BCUT2D eigenvalue weighted by atomic mass is 79.9. The van der Waals surface area contributed by atoms with Crippen LogP contribution in [0.4, 0.5) is 13.2 Å². The van der Waals surface area contributed by atoms with E-state index in [4.69, 9.17) is 5.84 Å². The molecule has 1 atom stereocenters. The van der Waals surface area contributed by atoms with Gasteiger partial charge in [0.05, 0.1) is 6.04 Å². The largest absolute Gasteiger partial charge is 0.271 e. The molecule has 0 bridgehead atoms. The van der Waals surface area contributed by atoms with Gasteiger partial charge < -0.3 is 0 Å². The predicted octanol–water partition coefficient (Wildman–Crippen LogP) is 3.73. The van der Waals surface area contributed by atoms with E-state index in [-0.39, 0.29) is 5.56 Å². The first kappa shape index (κ1) is 15.0. The second-order valence-corrected chi connectivity index (χ2v) is 5.17. The molecule has 6 heteroatoms. The number of hydrazine groups is 1. The van der Waals surface area contributed by atoms with Gasteiger partial charge in [-0.05, 0) is 30.2 Å². The average Bonchev–Trinajstić information content (AvgIpc) is 2.44. The fourth-order valence-electron chi connectivity index (χ4n) is 2.05. The molecular formula is C14H12BrF3N2. The zero-order valence-electron chi connectivity index (χ0n) is 10.6. The highest BCUT2D eigenvalue weighted by Crippen LogP contribution is 2.31. The number of halogens is 4. The van der Waals surface area contributed by atoms with Crippen molar-refractivity contribution in [2.45, 2.75) is 13.0 Å². The number of hydrogen-bond acceptors (Lipinski definition) is 2. The van der Waals surface area contributed by atoms with Gasteiger partial charge in [0, 0.05) is 10.0 Å². The molecule has 0 saturated heterocycles. The summed E-state index contributed by atoms with van der Waals surface area (Å²) >= 11 is 3.36. The summed E-state index contributed by atoms with van der Waals surface area (Å²) in [6.45, 7) is 1.82. The quantitative estimate of drug-likeness (QED) is 0.505. The Balaban J connectivity index is 2.59. The molecule has 0 aliphatic rings. The number of hydrogen-bond donors (Lipinski definition) is 2. The highest BCUT2D eigenvalue weighted by Gasteiger charge is 2.23. The molecule has 0 spiro atoms. The van der Waals surface area contributed by atoms with Crippen LogP contribution in [0.25, 0.3) is 0 Å². The molecule has 2 aromatic carbocycles. The number of nitrogens with two attached hydrogens (primary N) is 1. The van der Waals surface area contributed by atoms with Gasteiger partial charge in [-0.15, -0.1) is 0 Å². The molecule has 0 heterocycles. The molecule has 3 N–H and O–H groups in total. The molecule has 0 fully saturated rings. The van der Waals surface area contributed by atoms with Gasteiger partial charge in [0.2, 0.25) is 0 Å². The summed E-state index contributed by atoms with van der Waals surface area (Å²) in [4.78, 5) is 0. The van der Waals surface area contributed by atoms with E-state index in [0.717, 1.165) is 16.1 Å². The van der Waals surface area contributed by atoms with Crippen molar-refractivity contribution in [2.75, 3.05) is 0 Å². The molecular weight excluding hydrogens is 333 g/mol. The standard InChI is InChI=1S/C14H12BrF3N2/c1-7-8(3-2-4-10(7)15)14(20-19)9-5-6-11(16)13(18)12(9)17/h2-6,14,20H,19H2,1H3. The van der Waals surface area contributed by atoms with E-state index in [2.05, 4.69) is 21.4 Å². The maximum Gasteiger partial charge on any atom is 0.194 e. The van der Waals surface area contributed by atoms with E-state index in [0.29, 0.717) is 5.56 Å². The molecule has 0 aliphatic heterocycles. The van der Waals surface area contributed by atoms with Crippen LogP contribution in [-0.4, -0.2) is 0 Å². The van der Waals surface area contributed by atoms with E-state index >= 15 is 0 Å². The summed E-state index contributed by atoms with van der Waals surface area (Å²) in [6, 6.07) is 6.61. The first-order valence-electron chi connectivity index (χ1n) is 5.82. The molecule has 0 saturated carbocycles. The Morgan fingerprint density at radius 2 is 1.75 bits per heavy atom. The summed E-state index contributed by atoms with van der Waals surface area (Å²) in [5, 5.41) is 0. The van der Waals surface area contributed by atoms with Crippen LogP contribution in [0.2, 0.25) is 0 Å². The third-order valence-electron chi connectivity index (χ3n) is 3.16. The van der Waals surface area contributed by atoms with Crippen molar-refractivity contribution in [1.29, 1.82) is 0 Å². The fourth-order valence-corrected chi connectivity index (χ4v) is 2.43. The smallest absolute Gasteiger partial charge is 0.194 e. The van der Waals surface area contributed by atoms with Gasteiger partial charge in [-0.2, -0.15) is 0 Å². The van der Waals surface area contributed by atoms with Gasteiger partial charge in [-0.3, -0.25) is 5.84 Å². The predicted molar refractivity (Wildman–Crippen MR) is 74.4 cm³/mol. The molecule has 0 aliphatic carbocycles. The zero-order chi connectivity index (χ0) is 14.9. The monoisotopic (exact) mass is 344 g/mol. The Morgan fingerprint density at radius 3 is 2.40 bits per heavy atom. The van der Waals surface area contributed by atoms with Gasteiger partial charge in [0.25, 0.3) is 0 Å². The minimum atomic E-state index is -1.50. The van der Waals surface area contributed by atoms with Crippen molar-refractivity contribution in [2.24, 2.45) is 5.84 Å². The molecule has 2 rings (SSSR count). The van der Waals surface area contributed by atoms with Crippen molar-refractivity contribution in [1.82, 2.24) is 5.43 Å². The molecule has 106 valence electrons. The fraction of sp³-hybridized carbons (Fsp3) is 0.143. The van der Waals surface area contributed by atoms with Gasteiger partial charge in [0.15, 0.2) is 17.5 Å². The van der Waals surface area contributed by atoms with E-state index in [1.165, 1.54) is 6.07 Å². The minimum Gasteiger partial charge on any atom is -0.271 e. The van der Waals surface area contributed by atoms with Gasteiger partial charge in [-0.25, -0.2) is 18.6 Å². The van der Waals surface area contributed by atoms with Gasteiger partial charge in [-0.1, -0.05) is 34.1 Å². The average molecular weight is 345 g/mol. The maximum atomic E-state index is 13.9. The van der Waals surface area contributed by atoms with Crippen LogP contribution in [0.15, 0.2) is 34.8 Å². The third kappa shape index (κ3) is 2.59. The second-order valence-electron chi connectivity index (χ2n) is 4.32. The van der Waals surface area contributed by atoms with E-state index < -0.39 is 23.5 Å². The minimum absolute atomic E-state index is 0.0485. The summed E-state index contributed by atoms with van der Waals surface area (Å²) in [6.07, 6.45) is 0. The van der Waals surface area contributed by atoms with Crippen LogP contribution in [0.1, 0.15) is 22.7 Å². The van der Waals surface area contributed by atoms with Crippen molar-refractivity contribution in [3.8, 4) is 0 Å². The molecule has 2 aromatic rings. The Kier molecular flexibility index (Phi) is 4.47. The lowest BCUT2D eigenvalue weighted by atomic mass is 9.95. The molecule has 0 amide bonds. The summed E-state index contributed by atoms with van der Waals surface area (Å²) in [5.41, 5.74) is 3.90. The van der Waals surface area contributed by atoms with Crippen LogP contribution in [-0.2, 0) is 0 Å². The topological polar surface area (TPSA) is 38.0 Å². The zero-order valence-corrected chi connectivity index (χ0v) is 12.1. The van der Waals surface area contributed by atoms with Crippen molar-refractivity contribution >= 4 is 15.9 Å². The second kappa shape index (κ2) is 5.95. The van der Waals surface area contributed by atoms with E-state index in [9.17, 15) is 13.2 Å². The first-order chi connectivity index (χ1) is 9.47. The molecule has 0 radical (unpaired) electrons. The van der Waals surface area contributed by atoms with Crippen LogP contribution < -0.4 is 11.3 Å². The lowest BCUT2D eigenvalue weighted by Crippen LogP contribution is -2.30. The van der Waals surface area contributed by atoms with E-state index in [1.807, 2.05) is 13.0 Å². The van der Waals surface area contributed by atoms with Gasteiger partial charge in [0.1, 0.15) is 0 Å². The summed E-state index contributed by atoms with van der Waals surface area (Å²) in [7, 11) is 0. The van der Waals surface area contributed by atoms with Crippen LogP contribution >= 0.6 is 15.9 Å². The lowest BCUT2D eigenvalue weighted by Gasteiger charge is -2.20. The molecule has 0 aromatic heterocycles. The van der Waals surface area contributed by atoms with Crippen molar-refractivity contribution < 1.29 is 13.2 Å². The maximum absolute atomic E-state index is 13.9. The lowest BCUT2D eigenvalue weighted by molar-refractivity contribution is 0.433. The Bertz CT molecular complexity index is 647. The normalized spacial score (nSPS) is 12.5. The third-order valence-corrected chi connectivity index (χ3v) is 4.02. The van der Waals surface area contributed by atoms with Crippen molar-refractivity contribution in [3.63, 3.8) is 0 Å². The number of nitrogens with one attached hydrogen (secondary N) is 1. The SMILES string of the molecule is Cc1c(Br)cccc1C(NN)c1ccc(F)c(F)c1F. The highest BCUT2D eigenvalue weighted by molar-refractivity contribution is 9.10. The number of benzene rings is 2. The van der Waals surface area contributed by atoms with E-state index in [1.54, 1.807) is 12.1 Å². The summed E-state index contributed by atoms with van der Waals surface area (Å²) < 4.78 is 41.1. The van der Waals surface area contributed by atoms with Crippen LogP contribution in [0, 0.1) is 24.4 Å². The van der Waals surface area contributed by atoms with Gasteiger partial charge >= 0.3 is 0 Å². The Hall–Kier alpha value is -1.37. The van der Waals surface area contributed by atoms with Crippen molar-refractivity contribution in [3.05, 3.63) is 68.9 Å². The summed E-state index contributed by atoms with van der Waals surface area (Å²) in [5.74, 6) is 1.49. The Labute approximate surface area is 122 Å². The first-order valence-corrected chi connectivity index (χ1v) is 6.61. The van der Waals surface area contributed by atoms with Crippen LogP contribution in [0.5, 0.6) is 0 Å². The molecule has 2 nitrogen and oxygen atoms in total. The Morgan fingerprint density at radius 1 is 1.05 bits per heavy atom. The molecule has 20 heavy (non-hydrogen) atoms. The van der Waals surface area contributed by atoms with Crippen LogP contribution in [0.3, 0.4) is 0 Å².